The molecule has 456 valence electrons. The first kappa shape index (κ1) is 73.4. The molecule has 1 aliphatic rings. The van der Waals surface area contributed by atoms with Crippen LogP contribution in [-0.2, 0) is 42.9 Å². The average Bonchev–Trinajstić information content (AvgIpc) is 3.46. The molecule has 6 unspecified atom stereocenters. The number of carboxylic acids is 1. The van der Waals surface area contributed by atoms with Gasteiger partial charge in [-0.15, -0.1) is 0 Å². The topological polar surface area (TPSA) is 175 Å². The minimum absolute atomic E-state index is 0.0610. The second-order valence-corrected chi connectivity index (χ2v) is 22.0. The van der Waals surface area contributed by atoms with E-state index in [0.717, 1.165) is 96.3 Å². The zero-order valence-electron chi connectivity index (χ0n) is 50.4. The van der Waals surface area contributed by atoms with Gasteiger partial charge in [0.15, 0.2) is 24.6 Å². The van der Waals surface area contributed by atoms with Crippen LogP contribution in [0.5, 0.6) is 0 Å². The molecule has 1 aliphatic heterocycles. The van der Waals surface area contributed by atoms with Crippen molar-refractivity contribution in [3.8, 4) is 0 Å². The van der Waals surface area contributed by atoms with Crippen LogP contribution in [0, 0.1) is 0 Å². The minimum Gasteiger partial charge on any atom is -0.479 e. The van der Waals surface area contributed by atoms with Crippen LogP contribution in [0.4, 0.5) is 0 Å². The molecule has 6 atom stereocenters. The van der Waals surface area contributed by atoms with Crippen molar-refractivity contribution in [3.63, 3.8) is 0 Å². The Balaban J connectivity index is 2.68. The van der Waals surface area contributed by atoms with Crippen molar-refractivity contribution in [3.05, 3.63) is 60.8 Å². The standard InChI is InChI=1S/C67H116O12/c1-4-7-10-13-16-19-22-25-28-29-30-31-34-35-38-41-44-47-50-53-59(68)75-56-58(77-60(69)54-51-48-45-42-39-36-32-26-23-20-17-14-11-8-5-2)57-76-67-65(63(72)62(71)64(79-67)66(73)74)78-61(70)55-52-49-46-43-40-37-33-27-24-21-18-15-12-9-6-3/h7,10,16,19,25,28,30-31,35,38,58,62-65,67,71-72H,4-6,8-9,11-15,17-18,20-24,26-27,29,32-34,36-37,39-57H2,1-3H3,(H,73,74)/b10-7-,19-16-,28-25-,31-30-,38-35-. The Kier molecular flexibility index (Phi) is 51.1. The third kappa shape index (κ3) is 44.7. The number of esters is 3. The monoisotopic (exact) mass is 1110 g/mol. The molecule has 0 aliphatic carbocycles. The highest BCUT2D eigenvalue weighted by Gasteiger charge is 2.50. The lowest BCUT2D eigenvalue weighted by molar-refractivity contribution is -0.301. The third-order valence-electron chi connectivity index (χ3n) is 14.6. The molecule has 1 heterocycles. The molecule has 0 bridgehead atoms. The minimum atomic E-state index is -1.91. The second-order valence-electron chi connectivity index (χ2n) is 22.0. The third-order valence-corrected chi connectivity index (χ3v) is 14.6. The van der Waals surface area contributed by atoms with Gasteiger partial charge in [-0.1, -0.05) is 268 Å². The van der Waals surface area contributed by atoms with E-state index in [2.05, 4.69) is 81.5 Å². The average molecular weight is 1110 g/mol. The zero-order valence-corrected chi connectivity index (χ0v) is 50.4. The largest absolute Gasteiger partial charge is 0.479 e. The van der Waals surface area contributed by atoms with Gasteiger partial charge in [0.05, 0.1) is 6.61 Å². The van der Waals surface area contributed by atoms with Crippen LogP contribution in [0.3, 0.4) is 0 Å². The number of carboxylic acid groups (broad SMARTS) is 1. The molecule has 0 aromatic heterocycles. The highest BCUT2D eigenvalue weighted by atomic mass is 16.7. The van der Waals surface area contributed by atoms with E-state index in [1.165, 1.54) is 135 Å². The normalized spacial score (nSPS) is 18.2. The van der Waals surface area contributed by atoms with Crippen molar-refractivity contribution in [1.29, 1.82) is 0 Å². The Morgan fingerprint density at radius 1 is 0.430 bits per heavy atom. The summed E-state index contributed by atoms with van der Waals surface area (Å²) >= 11 is 0. The summed E-state index contributed by atoms with van der Waals surface area (Å²) in [5.41, 5.74) is 0. The number of aliphatic hydroxyl groups is 2. The fourth-order valence-corrected chi connectivity index (χ4v) is 9.69. The molecule has 0 aromatic carbocycles. The number of aliphatic carboxylic acids is 1. The van der Waals surface area contributed by atoms with Crippen molar-refractivity contribution >= 4 is 23.9 Å². The van der Waals surface area contributed by atoms with Crippen LogP contribution in [-0.4, -0.2) is 89.2 Å². The van der Waals surface area contributed by atoms with Crippen LogP contribution in [0.15, 0.2) is 60.8 Å². The van der Waals surface area contributed by atoms with Crippen molar-refractivity contribution in [1.82, 2.24) is 0 Å². The van der Waals surface area contributed by atoms with Gasteiger partial charge in [0.1, 0.15) is 18.8 Å². The molecule has 0 saturated carbocycles. The van der Waals surface area contributed by atoms with Gasteiger partial charge in [-0.25, -0.2) is 4.79 Å². The number of allylic oxidation sites excluding steroid dienone is 10. The summed E-state index contributed by atoms with van der Waals surface area (Å²) in [5.74, 6) is -3.14. The van der Waals surface area contributed by atoms with E-state index in [1.54, 1.807) is 0 Å². The van der Waals surface area contributed by atoms with Gasteiger partial charge in [0, 0.05) is 19.3 Å². The quantitative estimate of drug-likeness (QED) is 0.0228. The van der Waals surface area contributed by atoms with Gasteiger partial charge in [0.25, 0.3) is 0 Å². The SMILES string of the molecule is CC/C=C\C/C=C\C/C=C\C/C=C\C/C=C\CCCCCC(=O)OCC(COC1OC(C(=O)O)C(O)C(O)C1OC(=O)CCCCCCCCCCCCCCCCC)OC(=O)CCCCCCCCCCCCCCCCC. The molecule has 12 heteroatoms. The van der Waals surface area contributed by atoms with Gasteiger partial charge in [-0.3, -0.25) is 14.4 Å². The molecule has 1 fully saturated rings. The maximum absolute atomic E-state index is 13.2. The fraction of sp³-hybridized carbons (Fsp3) is 0.791. The lowest BCUT2D eigenvalue weighted by Gasteiger charge is -2.40. The lowest BCUT2D eigenvalue weighted by atomic mass is 9.98. The first-order chi connectivity index (χ1) is 38.6. The molecule has 79 heavy (non-hydrogen) atoms. The van der Waals surface area contributed by atoms with E-state index < -0.39 is 67.3 Å². The molecule has 1 saturated heterocycles. The Labute approximate surface area is 481 Å². The molecule has 12 nitrogen and oxygen atoms in total. The second kappa shape index (κ2) is 55.0. The molecule has 0 spiro atoms. The lowest BCUT2D eigenvalue weighted by Crippen LogP contribution is -2.61. The van der Waals surface area contributed by atoms with Crippen molar-refractivity contribution in [2.45, 2.75) is 327 Å². The van der Waals surface area contributed by atoms with Crippen molar-refractivity contribution < 1.29 is 58.2 Å². The van der Waals surface area contributed by atoms with E-state index in [0.29, 0.717) is 19.3 Å². The summed E-state index contributed by atoms with van der Waals surface area (Å²) in [6.07, 6.45) is 56.1. The number of carbonyl (C=O) groups is 4. The van der Waals surface area contributed by atoms with Crippen molar-refractivity contribution in [2.24, 2.45) is 0 Å². The number of rotatable bonds is 55. The Morgan fingerprint density at radius 3 is 1.22 bits per heavy atom. The van der Waals surface area contributed by atoms with Gasteiger partial charge in [-0.05, 0) is 64.2 Å². The van der Waals surface area contributed by atoms with E-state index in [9.17, 15) is 34.5 Å². The molecular weight excluding hydrogens is 997 g/mol. The van der Waals surface area contributed by atoms with Crippen molar-refractivity contribution in [2.75, 3.05) is 13.2 Å². The number of carbonyl (C=O) groups excluding carboxylic acids is 3. The molecule has 0 aromatic rings. The number of unbranched alkanes of at least 4 members (excludes halogenated alkanes) is 31. The smallest absolute Gasteiger partial charge is 0.335 e. The summed E-state index contributed by atoms with van der Waals surface area (Å²) in [6.45, 7) is 5.89. The van der Waals surface area contributed by atoms with E-state index in [-0.39, 0.29) is 25.9 Å². The summed E-state index contributed by atoms with van der Waals surface area (Å²) < 4.78 is 28.5. The number of hydrogen-bond donors (Lipinski definition) is 3. The highest BCUT2D eigenvalue weighted by molar-refractivity contribution is 5.74. The summed E-state index contributed by atoms with van der Waals surface area (Å²) in [7, 11) is 0. The van der Waals surface area contributed by atoms with E-state index in [4.69, 9.17) is 23.7 Å². The molecule has 0 radical (unpaired) electrons. The number of aliphatic hydroxyl groups excluding tert-OH is 2. The Hall–Kier alpha value is -3.58. The first-order valence-electron chi connectivity index (χ1n) is 32.3. The number of ether oxygens (including phenoxy) is 5. The molecule has 3 N–H and O–H groups in total. The van der Waals surface area contributed by atoms with Gasteiger partial charge >= 0.3 is 23.9 Å². The summed E-state index contributed by atoms with van der Waals surface area (Å²) in [4.78, 5) is 51.3. The predicted octanol–water partition coefficient (Wildman–Crippen LogP) is 17.1. The summed E-state index contributed by atoms with van der Waals surface area (Å²) in [6, 6.07) is 0. The van der Waals surface area contributed by atoms with Crippen LogP contribution in [0.2, 0.25) is 0 Å². The maximum Gasteiger partial charge on any atom is 0.335 e. The van der Waals surface area contributed by atoms with Gasteiger partial charge < -0.3 is 39.0 Å². The van der Waals surface area contributed by atoms with E-state index >= 15 is 0 Å². The van der Waals surface area contributed by atoms with Crippen LogP contribution in [0.25, 0.3) is 0 Å². The van der Waals surface area contributed by atoms with E-state index in [1.807, 2.05) is 0 Å². The number of hydrogen-bond acceptors (Lipinski definition) is 11. The Morgan fingerprint density at radius 2 is 0.797 bits per heavy atom. The summed E-state index contributed by atoms with van der Waals surface area (Å²) in [5, 5.41) is 31.6. The predicted molar refractivity (Wildman–Crippen MR) is 322 cm³/mol. The van der Waals surface area contributed by atoms with Gasteiger partial charge in [0.2, 0.25) is 0 Å². The molecule has 1 rings (SSSR count). The molecular formula is C67H116O12. The molecule has 0 amide bonds. The zero-order chi connectivity index (χ0) is 57.5. The van der Waals surface area contributed by atoms with Crippen LogP contribution >= 0.6 is 0 Å². The maximum atomic E-state index is 13.2. The highest BCUT2D eigenvalue weighted by Crippen LogP contribution is 2.27. The van der Waals surface area contributed by atoms with Gasteiger partial charge in [-0.2, -0.15) is 0 Å². The first-order valence-corrected chi connectivity index (χ1v) is 32.3. The fourth-order valence-electron chi connectivity index (χ4n) is 9.69. The Bertz CT molecular complexity index is 1600. The van der Waals surface area contributed by atoms with Crippen LogP contribution in [0.1, 0.15) is 290 Å². The van der Waals surface area contributed by atoms with Crippen LogP contribution < -0.4 is 0 Å².